The van der Waals surface area contributed by atoms with E-state index in [1.54, 1.807) is 7.11 Å². The number of ether oxygens (including phenoxy) is 2. The Morgan fingerprint density at radius 3 is 2.62 bits per heavy atom. The lowest BCUT2D eigenvalue weighted by molar-refractivity contribution is 0.0824. The predicted octanol–water partition coefficient (Wildman–Crippen LogP) is -0.0237. The summed E-state index contributed by atoms with van der Waals surface area (Å²) in [5, 5.41) is 3.31. The van der Waals surface area contributed by atoms with Crippen molar-refractivity contribution < 1.29 is 9.47 Å². The molecule has 13 heavy (non-hydrogen) atoms. The quantitative estimate of drug-likeness (QED) is 0.528. The lowest BCUT2D eigenvalue weighted by atomic mass is 10.0. The molecule has 0 aliphatic carbocycles. The zero-order valence-electron chi connectivity index (χ0n) is 8.93. The van der Waals surface area contributed by atoms with Gasteiger partial charge in [-0.1, -0.05) is 0 Å². The molecule has 0 radical (unpaired) electrons. The van der Waals surface area contributed by atoms with Crippen molar-refractivity contribution >= 4 is 0 Å². The highest BCUT2D eigenvalue weighted by Crippen LogP contribution is 2.01. The van der Waals surface area contributed by atoms with Gasteiger partial charge in [-0.15, -0.1) is 0 Å². The van der Waals surface area contributed by atoms with Crippen molar-refractivity contribution in [3.05, 3.63) is 0 Å². The Kier molecular flexibility index (Phi) is 7.17. The first kappa shape index (κ1) is 12.8. The lowest BCUT2D eigenvalue weighted by Gasteiger charge is -2.29. The molecule has 0 aliphatic rings. The van der Waals surface area contributed by atoms with Crippen LogP contribution in [0.25, 0.3) is 0 Å². The molecule has 1 atom stereocenters. The van der Waals surface area contributed by atoms with Crippen molar-refractivity contribution in [1.82, 2.24) is 5.32 Å². The molecule has 0 bridgehead atoms. The first-order valence-corrected chi connectivity index (χ1v) is 4.70. The summed E-state index contributed by atoms with van der Waals surface area (Å²) in [5.74, 6) is 0. The Hall–Kier alpha value is -0.160. The zero-order chi connectivity index (χ0) is 10.2. The summed E-state index contributed by atoms with van der Waals surface area (Å²) in [4.78, 5) is 0. The highest BCUT2D eigenvalue weighted by atomic mass is 16.5. The van der Waals surface area contributed by atoms with E-state index >= 15 is 0 Å². The largest absolute Gasteiger partial charge is 0.383 e. The second kappa shape index (κ2) is 7.26. The fourth-order valence-corrected chi connectivity index (χ4v) is 0.964. The summed E-state index contributed by atoms with van der Waals surface area (Å²) in [5.41, 5.74) is 5.52. The number of nitrogens with two attached hydrogens (primary N) is 1. The van der Waals surface area contributed by atoms with Gasteiger partial charge < -0.3 is 20.5 Å². The molecule has 0 saturated carbocycles. The molecule has 0 heterocycles. The summed E-state index contributed by atoms with van der Waals surface area (Å²) in [6, 6.07) is 0. The third-order valence-electron chi connectivity index (χ3n) is 1.93. The standard InChI is InChI=1S/C9H22N2O2/c1-4-13-8-9(2,7-10)11-5-6-12-3/h11H,4-8,10H2,1-3H3. The molecule has 0 aliphatic heterocycles. The van der Waals surface area contributed by atoms with Crippen LogP contribution < -0.4 is 11.1 Å². The summed E-state index contributed by atoms with van der Waals surface area (Å²) < 4.78 is 10.3. The molecule has 0 spiro atoms. The van der Waals surface area contributed by atoms with E-state index in [0.717, 1.165) is 13.2 Å². The lowest BCUT2D eigenvalue weighted by Crippen LogP contribution is -2.53. The van der Waals surface area contributed by atoms with Crippen LogP contribution in [0.5, 0.6) is 0 Å². The minimum Gasteiger partial charge on any atom is -0.383 e. The molecule has 4 heteroatoms. The Labute approximate surface area is 80.8 Å². The van der Waals surface area contributed by atoms with E-state index in [1.165, 1.54) is 0 Å². The van der Waals surface area contributed by atoms with Crippen molar-refractivity contribution in [2.75, 3.05) is 40.0 Å². The van der Waals surface area contributed by atoms with Crippen LogP contribution in [-0.4, -0.2) is 45.6 Å². The fourth-order valence-electron chi connectivity index (χ4n) is 0.964. The number of methoxy groups -OCH3 is 1. The molecule has 0 aromatic rings. The van der Waals surface area contributed by atoms with Crippen LogP contribution in [0.1, 0.15) is 13.8 Å². The second-order valence-electron chi connectivity index (χ2n) is 3.32. The van der Waals surface area contributed by atoms with Crippen LogP contribution in [0, 0.1) is 0 Å². The van der Waals surface area contributed by atoms with Gasteiger partial charge in [-0.3, -0.25) is 0 Å². The molecule has 4 nitrogen and oxygen atoms in total. The van der Waals surface area contributed by atoms with E-state index < -0.39 is 0 Å². The molecule has 0 aromatic carbocycles. The molecule has 0 fully saturated rings. The van der Waals surface area contributed by atoms with Crippen molar-refractivity contribution in [2.24, 2.45) is 5.73 Å². The maximum Gasteiger partial charge on any atom is 0.0657 e. The van der Waals surface area contributed by atoms with E-state index in [2.05, 4.69) is 12.2 Å². The van der Waals surface area contributed by atoms with Gasteiger partial charge in [0.1, 0.15) is 0 Å². The zero-order valence-corrected chi connectivity index (χ0v) is 8.93. The Morgan fingerprint density at radius 1 is 1.46 bits per heavy atom. The molecular weight excluding hydrogens is 168 g/mol. The minimum atomic E-state index is -0.130. The molecule has 1 unspecified atom stereocenters. The number of nitrogens with one attached hydrogen (secondary N) is 1. The summed E-state index contributed by atoms with van der Waals surface area (Å²) in [7, 11) is 1.68. The van der Waals surface area contributed by atoms with Crippen molar-refractivity contribution in [1.29, 1.82) is 0 Å². The van der Waals surface area contributed by atoms with Gasteiger partial charge >= 0.3 is 0 Å². The highest BCUT2D eigenvalue weighted by Gasteiger charge is 2.21. The maximum atomic E-state index is 5.65. The fraction of sp³-hybridized carbons (Fsp3) is 1.00. The van der Waals surface area contributed by atoms with Gasteiger partial charge in [0.15, 0.2) is 0 Å². The van der Waals surface area contributed by atoms with Crippen LogP contribution in [0.2, 0.25) is 0 Å². The van der Waals surface area contributed by atoms with Gasteiger partial charge in [0, 0.05) is 26.8 Å². The van der Waals surface area contributed by atoms with Crippen LogP contribution in [0.15, 0.2) is 0 Å². The van der Waals surface area contributed by atoms with E-state index in [9.17, 15) is 0 Å². The van der Waals surface area contributed by atoms with Gasteiger partial charge in [-0.05, 0) is 13.8 Å². The SMILES string of the molecule is CCOCC(C)(CN)NCCOC. The molecule has 0 amide bonds. The Morgan fingerprint density at radius 2 is 2.15 bits per heavy atom. The monoisotopic (exact) mass is 190 g/mol. The van der Waals surface area contributed by atoms with Crippen molar-refractivity contribution in [3.8, 4) is 0 Å². The van der Waals surface area contributed by atoms with E-state index in [0.29, 0.717) is 19.8 Å². The number of hydrogen-bond donors (Lipinski definition) is 2. The van der Waals surface area contributed by atoms with Gasteiger partial charge in [-0.25, -0.2) is 0 Å². The van der Waals surface area contributed by atoms with Crippen molar-refractivity contribution in [2.45, 2.75) is 19.4 Å². The summed E-state index contributed by atoms with van der Waals surface area (Å²) in [6.45, 7) is 7.46. The van der Waals surface area contributed by atoms with Crippen LogP contribution >= 0.6 is 0 Å². The van der Waals surface area contributed by atoms with Crippen molar-refractivity contribution in [3.63, 3.8) is 0 Å². The Bertz CT molecular complexity index is 122. The first-order chi connectivity index (χ1) is 6.18. The molecule has 0 rings (SSSR count). The minimum absolute atomic E-state index is 0.130. The van der Waals surface area contributed by atoms with Crippen LogP contribution in [0.4, 0.5) is 0 Å². The maximum absolute atomic E-state index is 5.65. The molecular formula is C9H22N2O2. The van der Waals surface area contributed by atoms with E-state index in [-0.39, 0.29) is 5.54 Å². The average molecular weight is 190 g/mol. The molecule has 80 valence electrons. The summed E-state index contributed by atoms with van der Waals surface area (Å²) >= 11 is 0. The average Bonchev–Trinajstić information content (AvgIpc) is 2.15. The number of rotatable bonds is 8. The second-order valence-corrected chi connectivity index (χ2v) is 3.32. The first-order valence-electron chi connectivity index (χ1n) is 4.70. The molecule has 0 aromatic heterocycles. The van der Waals surface area contributed by atoms with Gasteiger partial charge in [0.2, 0.25) is 0 Å². The van der Waals surface area contributed by atoms with E-state index in [1.807, 2.05) is 6.92 Å². The van der Waals surface area contributed by atoms with Gasteiger partial charge in [0.25, 0.3) is 0 Å². The third-order valence-corrected chi connectivity index (χ3v) is 1.93. The van der Waals surface area contributed by atoms with Crippen LogP contribution in [-0.2, 0) is 9.47 Å². The number of hydrogen-bond acceptors (Lipinski definition) is 4. The topological polar surface area (TPSA) is 56.5 Å². The van der Waals surface area contributed by atoms with Crippen LogP contribution in [0.3, 0.4) is 0 Å². The van der Waals surface area contributed by atoms with Gasteiger partial charge in [0.05, 0.1) is 18.8 Å². The molecule has 0 saturated heterocycles. The molecule has 3 N–H and O–H groups in total. The smallest absolute Gasteiger partial charge is 0.0657 e. The van der Waals surface area contributed by atoms with E-state index in [4.69, 9.17) is 15.2 Å². The van der Waals surface area contributed by atoms with Gasteiger partial charge in [-0.2, -0.15) is 0 Å². The normalized spacial score (nSPS) is 15.7. The summed E-state index contributed by atoms with van der Waals surface area (Å²) in [6.07, 6.45) is 0. The highest BCUT2D eigenvalue weighted by molar-refractivity contribution is 4.83. The third kappa shape index (κ3) is 5.99. The predicted molar refractivity (Wildman–Crippen MR) is 53.8 cm³/mol. The Balaban J connectivity index is 3.67.